The molecule has 0 radical (unpaired) electrons. The summed E-state index contributed by atoms with van der Waals surface area (Å²) in [5.41, 5.74) is 0.145. The van der Waals surface area contributed by atoms with E-state index in [-0.39, 0.29) is 43.6 Å². The SMILES string of the molecule is COc1cc(C(=O)N(CC(C)C)C[C@H]2CN(C(=O)c3ccc(F)cc3F)CCO2)cc(OC)c1OC. The zero-order chi connectivity index (χ0) is 26.4. The number of hydrogen-bond acceptors (Lipinski definition) is 6. The largest absolute Gasteiger partial charge is 0.493 e. The molecule has 1 aliphatic heterocycles. The maximum absolute atomic E-state index is 14.2. The average molecular weight is 507 g/mol. The van der Waals surface area contributed by atoms with Crippen LogP contribution in [0, 0.1) is 17.6 Å². The van der Waals surface area contributed by atoms with E-state index in [0.717, 1.165) is 12.1 Å². The third-order valence-electron chi connectivity index (χ3n) is 5.80. The molecule has 36 heavy (non-hydrogen) atoms. The Labute approximate surface area is 209 Å². The number of hydrogen-bond donors (Lipinski definition) is 0. The number of morpholine rings is 1. The van der Waals surface area contributed by atoms with Crippen LogP contribution in [0.25, 0.3) is 0 Å². The molecular weight excluding hydrogens is 474 g/mol. The second-order valence-electron chi connectivity index (χ2n) is 8.89. The van der Waals surface area contributed by atoms with E-state index >= 15 is 0 Å². The molecule has 1 heterocycles. The Morgan fingerprint density at radius 3 is 2.31 bits per heavy atom. The van der Waals surface area contributed by atoms with Crippen LogP contribution in [0.1, 0.15) is 34.6 Å². The van der Waals surface area contributed by atoms with Crippen LogP contribution in [0.3, 0.4) is 0 Å². The van der Waals surface area contributed by atoms with Gasteiger partial charge in [-0.1, -0.05) is 13.8 Å². The second-order valence-corrected chi connectivity index (χ2v) is 8.89. The Kier molecular flexibility index (Phi) is 9.08. The lowest BCUT2D eigenvalue weighted by Gasteiger charge is -2.36. The Bertz CT molecular complexity index is 1070. The van der Waals surface area contributed by atoms with Crippen molar-refractivity contribution in [3.05, 3.63) is 53.1 Å². The molecule has 1 saturated heterocycles. The standard InChI is InChI=1S/C26H32F2N2O6/c1-16(2)13-30(25(31)17-10-22(33-3)24(35-5)23(11-17)34-4)15-19-14-29(8-9-36-19)26(32)20-7-6-18(27)12-21(20)28/h6-7,10-12,16,19H,8-9,13-15H2,1-5H3/t19-/m1/s1. The van der Waals surface area contributed by atoms with Crippen LogP contribution in [0.5, 0.6) is 17.2 Å². The van der Waals surface area contributed by atoms with Crippen LogP contribution in [0.2, 0.25) is 0 Å². The highest BCUT2D eigenvalue weighted by Crippen LogP contribution is 2.38. The van der Waals surface area contributed by atoms with Crippen molar-refractivity contribution in [2.75, 3.05) is 54.1 Å². The molecule has 0 N–H and O–H groups in total. The maximum Gasteiger partial charge on any atom is 0.257 e. The van der Waals surface area contributed by atoms with Gasteiger partial charge in [0.15, 0.2) is 11.5 Å². The zero-order valence-corrected chi connectivity index (χ0v) is 21.2. The summed E-state index contributed by atoms with van der Waals surface area (Å²) >= 11 is 0. The lowest BCUT2D eigenvalue weighted by Crippen LogP contribution is -2.51. The number of carbonyl (C=O) groups excluding carboxylic acids is 2. The third kappa shape index (κ3) is 6.23. The molecular formula is C26H32F2N2O6. The summed E-state index contributed by atoms with van der Waals surface area (Å²) in [6.45, 7) is 5.28. The van der Waals surface area contributed by atoms with Crippen molar-refractivity contribution in [1.29, 1.82) is 0 Å². The predicted molar refractivity (Wildman–Crippen MR) is 129 cm³/mol. The van der Waals surface area contributed by atoms with E-state index in [0.29, 0.717) is 35.4 Å². The summed E-state index contributed by atoms with van der Waals surface area (Å²) in [5, 5.41) is 0. The number of benzene rings is 2. The van der Waals surface area contributed by atoms with E-state index in [2.05, 4.69) is 0 Å². The maximum atomic E-state index is 14.2. The van der Waals surface area contributed by atoms with Crippen molar-refractivity contribution in [2.24, 2.45) is 5.92 Å². The van der Waals surface area contributed by atoms with E-state index in [1.165, 1.54) is 26.2 Å². The minimum atomic E-state index is -0.915. The first-order chi connectivity index (χ1) is 17.2. The minimum absolute atomic E-state index is 0.158. The summed E-state index contributed by atoms with van der Waals surface area (Å²) in [4.78, 5) is 29.6. The van der Waals surface area contributed by atoms with Gasteiger partial charge in [0.1, 0.15) is 11.6 Å². The first-order valence-corrected chi connectivity index (χ1v) is 11.6. The molecule has 3 rings (SSSR count). The molecule has 0 unspecified atom stereocenters. The molecule has 1 aliphatic rings. The molecule has 196 valence electrons. The molecule has 0 saturated carbocycles. The molecule has 1 atom stereocenters. The molecule has 0 aromatic heterocycles. The van der Waals surface area contributed by atoms with Crippen molar-refractivity contribution in [1.82, 2.24) is 9.80 Å². The van der Waals surface area contributed by atoms with Crippen LogP contribution >= 0.6 is 0 Å². The van der Waals surface area contributed by atoms with Gasteiger partial charge in [-0.2, -0.15) is 0 Å². The van der Waals surface area contributed by atoms with E-state index in [1.807, 2.05) is 13.8 Å². The summed E-state index contributed by atoms with van der Waals surface area (Å²) in [6.07, 6.45) is -0.490. The van der Waals surface area contributed by atoms with E-state index in [4.69, 9.17) is 18.9 Å². The van der Waals surface area contributed by atoms with E-state index in [9.17, 15) is 18.4 Å². The number of ether oxygens (including phenoxy) is 4. The Hall–Kier alpha value is -3.40. The highest BCUT2D eigenvalue weighted by Gasteiger charge is 2.30. The molecule has 0 aliphatic carbocycles. The van der Waals surface area contributed by atoms with Crippen molar-refractivity contribution in [3.63, 3.8) is 0 Å². The molecule has 1 fully saturated rings. The average Bonchev–Trinajstić information content (AvgIpc) is 2.86. The van der Waals surface area contributed by atoms with Gasteiger partial charge in [-0.3, -0.25) is 9.59 Å². The highest BCUT2D eigenvalue weighted by atomic mass is 19.1. The van der Waals surface area contributed by atoms with E-state index < -0.39 is 23.6 Å². The Balaban J connectivity index is 1.80. The van der Waals surface area contributed by atoms with E-state index in [1.54, 1.807) is 17.0 Å². The monoisotopic (exact) mass is 506 g/mol. The van der Waals surface area contributed by atoms with Crippen LogP contribution in [-0.4, -0.2) is 81.8 Å². The van der Waals surface area contributed by atoms with Crippen LogP contribution < -0.4 is 14.2 Å². The fourth-order valence-electron chi connectivity index (χ4n) is 4.16. The fraction of sp³-hybridized carbons (Fsp3) is 0.462. The molecule has 2 aromatic rings. The van der Waals surface area contributed by atoms with Gasteiger partial charge in [0.2, 0.25) is 5.75 Å². The summed E-state index contributed by atoms with van der Waals surface area (Å²) in [6, 6.07) is 6.05. The molecule has 10 heteroatoms. The van der Waals surface area contributed by atoms with Crippen LogP contribution in [0.4, 0.5) is 8.78 Å². The Morgan fingerprint density at radius 1 is 1.08 bits per heavy atom. The van der Waals surface area contributed by atoms with Crippen molar-refractivity contribution < 1.29 is 37.3 Å². The van der Waals surface area contributed by atoms with Crippen LogP contribution in [0.15, 0.2) is 30.3 Å². The Morgan fingerprint density at radius 2 is 1.75 bits per heavy atom. The zero-order valence-electron chi connectivity index (χ0n) is 21.2. The number of nitrogens with zero attached hydrogens (tertiary/aromatic N) is 2. The quantitative estimate of drug-likeness (QED) is 0.517. The summed E-state index contributed by atoms with van der Waals surface area (Å²) in [7, 11) is 4.43. The normalized spacial score (nSPS) is 15.6. The number of methoxy groups -OCH3 is 3. The topological polar surface area (TPSA) is 77.5 Å². The minimum Gasteiger partial charge on any atom is -0.493 e. The van der Waals surface area contributed by atoms with Crippen LogP contribution in [-0.2, 0) is 4.74 Å². The first kappa shape index (κ1) is 27.2. The third-order valence-corrected chi connectivity index (χ3v) is 5.80. The van der Waals surface area contributed by atoms with Crippen molar-refractivity contribution in [2.45, 2.75) is 20.0 Å². The molecule has 2 amide bonds. The van der Waals surface area contributed by atoms with Gasteiger partial charge in [-0.05, 0) is 30.2 Å². The van der Waals surface area contributed by atoms with Gasteiger partial charge >= 0.3 is 0 Å². The van der Waals surface area contributed by atoms with Crippen molar-refractivity contribution in [3.8, 4) is 17.2 Å². The highest BCUT2D eigenvalue weighted by molar-refractivity contribution is 5.96. The number of carbonyl (C=O) groups is 2. The number of halogens is 2. The van der Waals surface area contributed by atoms with Gasteiger partial charge < -0.3 is 28.7 Å². The predicted octanol–water partition coefficient (Wildman–Crippen LogP) is 3.63. The van der Waals surface area contributed by atoms with Gasteiger partial charge in [-0.15, -0.1) is 0 Å². The smallest absolute Gasteiger partial charge is 0.257 e. The van der Waals surface area contributed by atoms with Gasteiger partial charge in [0.05, 0.1) is 39.6 Å². The molecule has 0 bridgehead atoms. The fourth-order valence-corrected chi connectivity index (χ4v) is 4.16. The molecule has 2 aromatic carbocycles. The van der Waals surface area contributed by atoms with Gasteiger partial charge in [0.25, 0.3) is 11.8 Å². The van der Waals surface area contributed by atoms with Gasteiger partial charge in [0, 0.05) is 37.8 Å². The number of amides is 2. The van der Waals surface area contributed by atoms with Crippen molar-refractivity contribution >= 4 is 11.8 Å². The summed E-state index contributed by atoms with van der Waals surface area (Å²) in [5.74, 6) is -1.23. The summed E-state index contributed by atoms with van der Waals surface area (Å²) < 4.78 is 49.4. The molecule has 0 spiro atoms. The molecule has 8 nitrogen and oxygen atoms in total. The number of rotatable bonds is 9. The van der Waals surface area contributed by atoms with Gasteiger partial charge in [-0.25, -0.2) is 8.78 Å². The lowest BCUT2D eigenvalue weighted by atomic mass is 10.1. The first-order valence-electron chi connectivity index (χ1n) is 11.6. The second kappa shape index (κ2) is 12.0. The lowest BCUT2D eigenvalue weighted by molar-refractivity contribution is -0.0341.